The zero-order valence-corrected chi connectivity index (χ0v) is 26.5. The summed E-state index contributed by atoms with van der Waals surface area (Å²) in [6.07, 6.45) is -1.03. The molecular weight excluding hydrogens is 639 g/mol. The first-order chi connectivity index (χ1) is 21.5. The summed E-state index contributed by atoms with van der Waals surface area (Å²) in [6.45, 7) is 4.68. The van der Waals surface area contributed by atoms with E-state index in [1.54, 1.807) is 47.4 Å². The van der Waals surface area contributed by atoms with Gasteiger partial charge >= 0.3 is 12.1 Å². The molecule has 0 aliphatic carbocycles. The minimum atomic E-state index is -4.59. The molecule has 1 aliphatic rings. The van der Waals surface area contributed by atoms with Gasteiger partial charge in [0, 0.05) is 39.9 Å². The monoisotopic (exact) mass is 666 g/mol. The average molecular weight is 668 g/mol. The Morgan fingerprint density at radius 2 is 1.51 bits per heavy atom. The molecule has 0 saturated carbocycles. The van der Waals surface area contributed by atoms with Gasteiger partial charge in [-0.05, 0) is 74.5 Å². The second-order valence-electron chi connectivity index (χ2n) is 9.92. The van der Waals surface area contributed by atoms with Crippen molar-refractivity contribution >= 4 is 62.6 Å². The summed E-state index contributed by atoms with van der Waals surface area (Å²) in [5.41, 5.74) is -1.64. The smallest absolute Gasteiger partial charge is 0.410 e. The van der Waals surface area contributed by atoms with Crippen molar-refractivity contribution < 1.29 is 27.5 Å². The third-order valence-corrected chi connectivity index (χ3v) is 9.58. The number of carbonyl (C=O) groups is 3. The summed E-state index contributed by atoms with van der Waals surface area (Å²) < 4.78 is 34.5. The molecule has 1 heterocycles. The van der Waals surface area contributed by atoms with Crippen molar-refractivity contribution in [2.45, 2.75) is 24.3 Å². The molecule has 1 atom stereocenters. The number of hydrogen-bond acceptors (Lipinski definition) is 6. The largest absolute Gasteiger partial charge is 0.414 e. The molecule has 0 aromatic heterocycles. The molecule has 0 spiro atoms. The van der Waals surface area contributed by atoms with Crippen molar-refractivity contribution in [2.24, 2.45) is 0 Å². The molecule has 10 nitrogen and oxygen atoms in total. The van der Waals surface area contributed by atoms with Gasteiger partial charge in [-0.15, -0.1) is 0 Å². The van der Waals surface area contributed by atoms with Gasteiger partial charge in [0.25, 0.3) is 15.9 Å². The lowest BCUT2D eigenvalue weighted by molar-refractivity contribution is -0.121. The number of nitrogens with zero attached hydrogens (tertiary/aromatic N) is 2. The van der Waals surface area contributed by atoms with Crippen LogP contribution >= 0.6 is 23.2 Å². The highest BCUT2D eigenvalue weighted by Gasteiger charge is 2.58. The number of ether oxygens (including phenoxy) is 1. The maximum atomic E-state index is 14.6. The van der Waals surface area contributed by atoms with Crippen LogP contribution in [-0.2, 0) is 20.4 Å². The van der Waals surface area contributed by atoms with Crippen LogP contribution in [0.25, 0.3) is 0 Å². The van der Waals surface area contributed by atoms with Crippen LogP contribution in [-0.4, -0.2) is 44.4 Å². The quantitative estimate of drug-likeness (QED) is 0.217. The van der Waals surface area contributed by atoms with Crippen molar-refractivity contribution in [3.05, 3.63) is 118 Å². The van der Waals surface area contributed by atoms with E-state index in [9.17, 15) is 22.8 Å². The van der Waals surface area contributed by atoms with Gasteiger partial charge in [0.1, 0.15) is 5.75 Å². The SMILES string of the molecule is CCN(CC)C(=O)Nc1ccc(S(=O)(=O)N2C(=O)C(NC(=O)Oc3ccccc3)(c3ccccc3Cl)c3cc(Cl)ccc32)cc1. The Labute approximate surface area is 270 Å². The molecule has 45 heavy (non-hydrogen) atoms. The normalized spacial score (nSPS) is 15.7. The lowest BCUT2D eigenvalue weighted by Gasteiger charge is -2.30. The Bertz CT molecular complexity index is 1870. The molecular formula is C32H28Cl2N4O6S. The second kappa shape index (κ2) is 12.8. The first-order valence-electron chi connectivity index (χ1n) is 13.9. The third kappa shape index (κ3) is 5.94. The zero-order valence-electron chi connectivity index (χ0n) is 24.2. The van der Waals surface area contributed by atoms with Gasteiger partial charge in [-0.2, -0.15) is 4.31 Å². The van der Waals surface area contributed by atoms with Gasteiger partial charge in [0.2, 0.25) is 0 Å². The minimum Gasteiger partial charge on any atom is -0.410 e. The number of nitrogens with one attached hydrogen (secondary N) is 2. The first kappa shape index (κ1) is 31.8. The predicted molar refractivity (Wildman–Crippen MR) is 172 cm³/mol. The fraction of sp³-hybridized carbons (Fsp3) is 0.156. The summed E-state index contributed by atoms with van der Waals surface area (Å²) >= 11 is 13.0. The zero-order chi connectivity index (χ0) is 32.4. The lowest BCUT2D eigenvalue weighted by Crippen LogP contribution is -2.55. The molecule has 4 amide bonds. The van der Waals surface area contributed by atoms with Gasteiger partial charge in [-0.1, -0.05) is 59.6 Å². The number of halogens is 2. The Hall–Kier alpha value is -4.58. The highest BCUT2D eigenvalue weighted by atomic mass is 35.5. The minimum absolute atomic E-state index is 0.0387. The van der Waals surface area contributed by atoms with Gasteiger partial charge in [-0.25, -0.2) is 18.0 Å². The number of fused-ring (bicyclic) bond motifs is 1. The number of amides is 4. The van der Waals surface area contributed by atoms with E-state index in [1.165, 1.54) is 54.6 Å². The van der Waals surface area contributed by atoms with Crippen LogP contribution in [0.15, 0.2) is 102 Å². The number of hydrogen-bond donors (Lipinski definition) is 2. The molecule has 5 rings (SSSR count). The molecule has 0 bridgehead atoms. The van der Waals surface area contributed by atoms with Crippen molar-refractivity contribution in [1.82, 2.24) is 10.2 Å². The van der Waals surface area contributed by atoms with Crippen LogP contribution in [0.2, 0.25) is 10.0 Å². The number of urea groups is 1. The highest BCUT2D eigenvalue weighted by molar-refractivity contribution is 7.93. The Kier molecular flexibility index (Phi) is 9.06. The maximum Gasteiger partial charge on any atom is 0.414 e. The summed E-state index contributed by atoms with van der Waals surface area (Å²) in [6, 6.07) is 23.7. The van der Waals surface area contributed by atoms with Crippen molar-refractivity contribution in [3.63, 3.8) is 0 Å². The van der Waals surface area contributed by atoms with Crippen LogP contribution in [0.4, 0.5) is 21.0 Å². The van der Waals surface area contributed by atoms with Gasteiger partial charge in [0.15, 0.2) is 5.54 Å². The molecule has 13 heteroatoms. The molecule has 1 aliphatic heterocycles. The maximum absolute atomic E-state index is 14.6. The number of para-hydroxylation sites is 1. The molecule has 4 aromatic rings. The number of carbonyl (C=O) groups excluding carboxylic acids is 3. The highest BCUT2D eigenvalue weighted by Crippen LogP contribution is 2.49. The third-order valence-electron chi connectivity index (χ3n) is 7.30. The molecule has 2 N–H and O–H groups in total. The molecule has 0 saturated heterocycles. The van der Waals surface area contributed by atoms with E-state index < -0.39 is 27.6 Å². The van der Waals surface area contributed by atoms with E-state index in [-0.39, 0.29) is 43.5 Å². The van der Waals surface area contributed by atoms with E-state index in [0.29, 0.717) is 23.1 Å². The summed E-state index contributed by atoms with van der Waals surface area (Å²) in [7, 11) is -4.59. The van der Waals surface area contributed by atoms with E-state index in [2.05, 4.69) is 10.6 Å². The Morgan fingerprint density at radius 1 is 0.867 bits per heavy atom. The van der Waals surface area contributed by atoms with Crippen LogP contribution < -0.4 is 19.7 Å². The van der Waals surface area contributed by atoms with Gasteiger partial charge in [0.05, 0.1) is 10.6 Å². The topological polar surface area (TPSA) is 125 Å². The Morgan fingerprint density at radius 3 is 2.16 bits per heavy atom. The standard InChI is InChI=1S/C32H28Cl2N4O6S/c1-3-37(4-2)30(40)35-22-15-17-24(18-16-22)45(42,43)38-28-19-14-21(33)20-26(28)32(29(38)39,25-12-8-9-13-27(25)34)36-31(41)44-23-10-6-5-7-11-23/h5-20H,3-4H2,1-2H3,(H,35,40)(H,36,41). The van der Waals surface area contributed by atoms with Crippen LogP contribution in [0, 0.1) is 0 Å². The van der Waals surface area contributed by atoms with Crippen LogP contribution in [0.1, 0.15) is 25.0 Å². The van der Waals surface area contributed by atoms with Crippen molar-refractivity contribution in [1.29, 1.82) is 0 Å². The molecule has 232 valence electrons. The average Bonchev–Trinajstić information content (AvgIpc) is 3.26. The number of rotatable bonds is 8. The van der Waals surface area contributed by atoms with E-state index in [4.69, 9.17) is 27.9 Å². The Balaban J connectivity index is 1.60. The predicted octanol–water partition coefficient (Wildman–Crippen LogP) is 6.63. The van der Waals surface area contributed by atoms with E-state index in [0.717, 1.165) is 0 Å². The van der Waals surface area contributed by atoms with E-state index >= 15 is 0 Å². The second-order valence-corrected chi connectivity index (χ2v) is 12.6. The van der Waals surface area contributed by atoms with Crippen LogP contribution in [0.5, 0.6) is 5.75 Å². The summed E-state index contributed by atoms with van der Waals surface area (Å²) in [5.74, 6) is -0.837. The van der Waals surface area contributed by atoms with Crippen molar-refractivity contribution in [2.75, 3.05) is 22.7 Å². The van der Waals surface area contributed by atoms with Crippen LogP contribution in [0.3, 0.4) is 0 Å². The van der Waals surface area contributed by atoms with Gasteiger partial charge < -0.3 is 15.0 Å². The summed E-state index contributed by atoms with van der Waals surface area (Å²) in [5, 5.41) is 5.62. The van der Waals surface area contributed by atoms with E-state index in [1.807, 2.05) is 13.8 Å². The lowest BCUT2D eigenvalue weighted by atomic mass is 9.84. The first-order valence-corrected chi connectivity index (χ1v) is 16.1. The molecule has 4 aromatic carbocycles. The number of anilines is 2. The van der Waals surface area contributed by atoms with Crippen molar-refractivity contribution in [3.8, 4) is 5.75 Å². The fourth-order valence-electron chi connectivity index (χ4n) is 5.12. The summed E-state index contributed by atoms with van der Waals surface area (Å²) in [4.78, 5) is 41.8. The van der Waals surface area contributed by atoms with Gasteiger partial charge in [-0.3, -0.25) is 10.1 Å². The fourth-order valence-corrected chi connectivity index (χ4v) is 7.03. The molecule has 0 fully saturated rings. The molecule has 1 unspecified atom stereocenters. The molecule has 0 radical (unpaired) electrons. The number of sulfonamides is 1. The number of benzene rings is 4.